The summed E-state index contributed by atoms with van der Waals surface area (Å²) < 4.78 is 10.1. The van der Waals surface area contributed by atoms with E-state index in [1.807, 2.05) is 0 Å². The quantitative estimate of drug-likeness (QED) is 0.433. The third-order valence-corrected chi connectivity index (χ3v) is 2.48. The molecule has 0 aromatic rings. The van der Waals surface area contributed by atoms with Crippen molar-refractivity contribution in [1.82, 2.24) is 5.32 Å². The van der Waals surface area contributed by atoms with Gasteiger partial charge < -0.3 is 30.1 Å². The first-order chi connectivity index (χ1) is 7.51. The van der Waals surface area contributed by atoms with Crippen LogP contribution in [0, 0.1) is 0 Å². The highest BCUT2D eigenvalue weighted by Gasteiger charge is 2.44. The summed E-state index contributed by atoms with van der Waals surface area (Å²) in [6.07, 6.45) is -4.35. The van der Waals surface area contributed by atoms with Gasteiger partial charge in [0.05, 0.1) is 6.61 Å². The van der Waals surface area contributed by atoms with Crippen LogP contribution in [-0.4, -0.2) is 65.6 Å². The van der Waals surface area contributed by atoms with E-state index in [1.54, 1.807) is 0 Å². The monoisotopic (exact) mass is 235 g/mol. The molecule has 1 heterocycles. The van der Waals surface area contributed by atoms with Crippen molar-refractivity contribution in [2.24, 2.45) is 0 Å². The normalized spacial score (nSPS) is 39.4. The lowest BCUT2D eigenvalue weighted by Gasteiger charge is -2.41. The van der Waals surface area contributed by atoms with Crippen molar-refractivity contribution in [2.75, 3.05) is 13.7 Å². The van der Waals surface area contributed by atoms with Gasteiger partial charge in [-0.25, -0.2) is 0 Å². The Bertz CT molecular complexity index is 246. The van der Waals surface area contributed by atoms with Crippen LogP contribution in [0.2, 0.25) is 0 Å². The Morgan fingerprint density at radius 2 is 2.06 bits per heavy atom. The summed E-state index contributed by atoms with van der Waals surface area (Å²) in [5.41, 5.74) is 0. The number of rotatable bonds is 3. The van der Waals surface area contributed by atoms with Gasteiger partial charge in [0.25, 0.3) is 0 Å². The molecule has 0 radical (unpaired) electrons. The van der Waals surface area contributed by atoms with Crippen LogP contribution in [0.3, 0.4) is 0 Å². The SMILES string of the molecule is CO[C@H]1O[C@@H](CO)[C@@H](O)[C@@H](O)[C@@H]1NC(C)=O. The van der Waals surface area contributed by atoms with Gasteiger partial charge in [-0.05, 0) is 0 Å². The van der Waals surface area contributed by atoms with E-state index in [0.29, 0.717) is 0 Å². The van der Waals surface area contributed by atoms with Gasteiger partial charge in [0.2, 0.25) is 5.91 Å². The summed E-state index contributed by atoms with van der Waals surface area (Å²) in [6.45, 7) is 0.842. The number of amides is 1. The number of hydrogen-bond acceptors (Lipinski definition) is 6. The summed E-state index contributed by atoms with van der Waals surface area (Å²) in [4.78, 5) is 10.9. The molecule has 0 aromatic carbocycles. The van der Waals surface area contributed by atoms with Crippen LogP contribution >= 0.6 is 0 Å². The fourth-order valence-corrected chi connectivity index (χ4v) is 1.67. The predicted octanol–water partition coefficient (Wildman–Crippen LogP) is -2.42. The first-order valence-electron chi connectivity index (χ1n) is 4.93. The molecular weight excluding hydrogens is 218 g/mol. The van der Waals surface area contributed by atoms with E-state index < -0.39 is 37.3 Å². The molecule has 1 rings (SSSR count). The van der Waals surface area contributed by atoms with E-state index in [4.69, 9.17) is 14.6 Å². The zero-order valence-electron chi connectivity index (χ0n) is 9.16. The molecule has 0 saturated carbocycles. The van der Waals surface area contributed by atoms with E-state index in [0.717, 1.165) is 0 Å². The van der Waals surface area contributed by atoms with Gasteiger partial charge in [-0.3, -0.25) is 4.79 Å². The Morgan fingerprint density at radius 1 is 1.44 bits per heavy atom. The highest BCUT2D eigenvalue weighted by Crippen LogP contribution is 2.21. The molecule has 7 heteroatoms. The molecule has 5 atom stereocenters. The van der Waals surface area contributed by atoms with E-state index in [1.165, 1.54) is 14.0 Å². The van der Waals surface area contributed by atoms with Crippen LogP contribution in [0.5, 0.6) is 0 Å². The van der Waals surface area contributed by atoms with Crippen molar-refractivity contribution >= 4 is 5.91 Å². The number of methoxy groups -OCH3 is 1. The first kappa shape index (κ1) is 13.3. The third-order valence-electron chi connectivity index (χ3n) is 2.48. The van der Waals surface area contributed by atoms with Crippen molar-refractivity contribution in [3.63, 3.8) is 0 Å². The maximum absolute atomic E-state index is 10.9. The highest BCUT2D eigenvalue weighted by atomic mass is 16.7. The molecule has 0 spiro atoms. The smallest absolute Gasteiger partial charge is 0.217 e. The average molecular weight is 235 g/mol. The molecule has 7 nitrogen and oxygen atoms in total. The first-order valence-corrected chi connectivity index (χ1v) is 4.93. The van der Waals surface area contributed by atoms with Crippen LogP contribution in [0.4, 0.5) is 0 Å². The second-order valence-electron chi connectivity index (χ2n) is 3.67. The van der Waals surface area contributed by atoms with Crippen LogP contribution < -0.4 is 5.32 Å². The Balaban J connectivity index is 2.77. The molecular formula is C9H17NO6. The molecule has 4 N–H and O–H groups in total. The van der Waals surface area contributed by atoms with Crippen LogP contribution in [0.15, 0.2) is 0 Å². The number of carbonyl (C=O) groups is 1. The summed E-state index contributed by atoms with van der Waals surface area (Å²) in [5, 5.41) is 30.7. The Hall–Kier alpha value is -0.730. The second kappa shape index (κ2) is 5.55. The zero-order chi connectivity index (χ0) is 12.3. The second-order valence-corrected chi connectivity index (χ2v) is 3.67. The minimum absolute atomic E-state index is 0.371. The molecule has 0 bridgehead atoms. The number of aliphatic hydroxyl groups is 3. The minimum atomic E-state index is -1.27. The van der Waals surface area contributed by atoms with Gasteiger partial charge in [0.15, 0.2) is 6.29 Å². The van der Waals surface area contributed by atoms with Crippen LogP contribution in [0.25, 0.3) is 0 Å². The van der Waals surface area contributed by atoms with Crippen molar-refractivity contribution in [2.45, 2.75) is 37.6 Å². The number of aliphatic hydroxyl groups excluding tert-OH is 3. The van der Waals surface area contributed by atoms with Gasteiger partial charge in [0, 0.05) is 14.0 Å². The van der Waals surface area contributed by atoms with Crippen molar-refractivity contribution in [3.8, 4) is 0 Å². The minimum Gasteiger partial charge on any atom is -0.394 e. The maximum atomic E-state index is 10.9. The fourth-order valence-electron chi connectivity index (χ4n) is 1.67. The lowest BCUT2D eigenvalue weighted by molar-refractivity contribution is -0.262. The summed E-state index contributed by atoms with van der Waals surface area (Å²) in [6, 6.07) is -0.861. The number of nitrogens with one attached hydrogen (secondary N) is 1. The van der Waals surface area contributed by atoms with Gasteiger partial charge in [-0.2, -0.15) is 0 Å². The lowest BCUT2D eigenvalue weighted by atomic mass is 9.97. The largest absolute Gasteiger partial charge is 0.394 e. The Morgan fingerprint density at radius 3 is 2.50 bits per heavy atom. The van der Waals surface area contributed by atoms with Gasteiger partial charge in [-0.15, -0.1) is 0 Å². The van der Waals surface area contributed by atoms with E-state index in [-0.39, 0.29) is 5.91 Å². The summed E-state index contributed by atoms with van der Waals surface area (Å²) >= 11 is 0. The predicted molar refractivity (Wildman–Crippen MR) is 52.4 cm³/mol. The topological polar surface area (TPSA) is 108 Å². The third kappa shape index (κ3) is 2.69. The fraction of sp³-hybridized carbons (Fsp3) is 0.889. The standard InChI is InChI=1S/C9H17NO6/c1-4(12)10-6-8(14)7(13)5(3-11)16-9(6)15-2/h5-9,11,13-14H,3H2,1-2H3,(H,10,12)/t5-,6-,7+,8-,9-/m0/s1. The molecule has 16 heavy (non-hydrogen) atoms. The number of carbonyl (C=O) groups excluding carboxylic acids is 1. The molecule has 1 saturated heterocycles. The molecule has 1 amide bonds. The summed E-state index contributed by atoms with van der Waals surface area (Å²) in [5.74, 6) is -0.371. The number of hydrogen-bond donors (Lipinski definition) is 4. The van der Waals surface area contributed by atoms with Gasteiger partial charge in [0.1, 0.15) is 24.4 Å². The zero-order valence-corrected chi connectivity index (χ0v) is 9.16. The molecule has 1 aliphatic heterocycles. The highest BCUT2D eigenvalue weighted by molar-refractivity contribution is 5.73. The van der Waals surface area contributed by atoms with Crippen LogP contribution in [-0.2, 0) is 14.3 Å². The number of ether oxygens (including phenoxy) is 2. The van der Waals surface area contributed by atoms with Crippen molar-refractivity contribution < 1.29 is 29.6 Å². The van der Waals surface area contributed by atoms with Crippen molar-refractivity contribution in [1.29, 1.82) is 0 Å². The molecule has 0 aromatic heterocycles. The van der Waals surface area contributed by atoms with E-state index >= 15 is 0 Å². The van der Waals surface area contributed by atoms with Crippen LogP contribution in [0.1, 0.15) is 6.92 Å². The Kier molecular flexibility index (Phi) is 4.63. The molecule has 1 aliphatic rings. The van der Waals surface area contributed by atoms with Crippen molar-refractivity contribution in [3.05, 3.63) is 0 Å². The lowest BCUT2D eigenvalue weighted by Crippen LogP contribution is -2.64. The molecule has 0 unspecified atom stereocenters. The van der Waals surface area contributed by atoms with Gasteiger partial charge in [-0.1, -0.05) is 0 Å². The van der Waals surface area contributed by atoms with Gasteiger partial charge >= 0.3 is 0 Å². The molecule has 1 fully saturated rings. The summed E-state index contributed by atoms with van der Waals surface area (Å²) in [7, 11) is 1.35. The Labute approximate surface area is 93.0 Å². The average Bonchev–Trinajstić information content (AvgIpc) is 2.25. The van der Waals surface area contributed by atoms with E-state index in [9.17, 15) is 15.0 Å². The van der Waals surface area contributed by atoms with E-state index in [2.05, 4.69) is 5.32 Å². The maximum Gasteiger partial charge on any atom is 0.217 e. The molecule has 94 valence electrons. The molecule has 0 aliphatic carbocycles.